The Morgan fingerprint density at radius 2 is 1.88 bits per heavy atom. The fourth-order valence-corrected chi connectivity index (χ4v) is 1.72. The first-order chi connectivity index (χ1) is 7.56. The van der Waals surface area contributed by atoms with Crippen molar-refractivity contribution in [2.75, 3.05) is 0 Å². The second-order valence-corrected chi connectivity index (χ2v) is 3.54. The maximum atomic E-state index is 13.6. The molecular formula is C10H11FN4O. The molecule has 0 aliphatic rings. The van der Waals surface area contributed by atoms with Crippen LogP contribution in [0.1, 0.15) is 5.56 Å². The average Bonchev–Trinajstić information content (AvgIpc) is 2.46. The SMILES string of the molecule is Cn1c(=O)n(C)c2cc(C=NN)c(F)cc21. The predicted octanol–water partition coefficient (Wildman–Crippen LogP) is 0.309. The van der Waals surface area contributed by atoms with Gasteiger partial charge in [-0.2, -0.15) is 5.10 Å². The first-order valence-electron chi connectivity index (χ1n) is 4.64. The van der Waals surface area contributed by atoms with E-state index in [1.807, 2.05) is 0 Å². The number of fused-ring (bicyclic) bond motifs is 1. The molecule has 6 heteroatoms. The Hall–Kier alpha value is -2.11. The van der Waals surface area contributed by atoms with Crippen LogP contribution in [0.5, 0.6) is 0 Å². The number of benzene rings is 1. The van der Waals surface area contributed by atoms with Crippen molar-refractivity contribution >= 4 is 17.2 Å². The van der Waals surface area contributed by atoms with Crippen LogP contribution in [0.25, 0.3) is 11.0 Å². The first-order valence-corrected chi connectivity index (χ1v) is 4.64. The highest BCUT2D eigenvalue weighted by atomic mass is 19.1. The van der Waals surface area contributed by atoms with E-state index in [0.29, 0.717) is 11.0 Å². The average molecular weight is 222 g/mol. The molecule has 16 heavy (non-hydrogen) atoms. The summed E-state index contributed by atoms with van der Waals surface area (Å²) in [7, 11) is 3.23. The summed E-state index contributed by atoms with van der Waals surface area (Å²) < 4.78 is 16.4. The minimum atomic E-state index is -0.456. The van der Waals surface area contributed by atoms with Gasteiger partial charge in [-0.3, -0.25) is 9.13 Å². The van der Waals surface area contributed by atoms with Gasteiger partial charge >= 0.3 is 5.69 Å². The van der Waals surface area contributed by atoms with E-state index in [1.165, 1.54) is 21.4 Å². The van der Waals surface area contributed by atoms with E-state index in [9.17, 15) is 9.18 Å². The molecule has 0 atom stereocenters. The predicted molar refractivity (Wildman–Crippen MR) is 59.9 cm³/mol. The Bertz CT molecular complexity index is 638. The molecule has 0 aliphatic heterocycles. The number of hydrazone groups is 1. The lowest BCUT2D eigenvalue weighted by atomic mass is 10.2. The molecule has 0 spiro atoms. The summed E-state index contributed by atoms with van der Waals surface area (Å²) in [5, 5.41) is 3.27. The summed E-state index contributed by atoms with van der Waals surface area (Å²) in [5.41, 5.74) is 1.25. The molecule has 5 nitrogen and oxygen atoms in total. The van der Waals surface area contributed by atoms with Gasteiger partial charge < -0.3 is 5.84 Å². The highest BCUT2D eigenvalue weighted by molar-refractivity contribution is 5.87. The Morgan fingerprint density at radius 1 is 1.31 bits per heavy atom. The van der Waals surface area contributed by atoms with Gasteiger partial charge in [0.2, 0.25) is 0 Å². The molecular weight excluding hydrogens is 211 g/mol. The molecule has 0 aliphatic carbocycles. The number of aromatic nitrogens is 2. The Kier molecular flexibility index (Phi) is 2.26. The Morgan fingerprint density at radius 3 is 2.44 bits per heavy atom. The normalized spacial score (nSPS) is 11.7. The third-order valence-corrected chi connectivity index (χ3v) is 2.60. The highest BCUT2D eigenvalue weighted by Crippen LogP contribution is 2.16. The zero-order chi connectivity index (χ0) is 11.9. The number of hydrogen-bond donors (Lipinski definition) is 1. The Balaban J connectivity index is 2.90. The van der Waals surface area contributed by atoms with Crippen molar-refractivity contribution < 1.29 is 4.39 Å². The fraction of sp³-hybridized carbons (Fsp3) is 0.200. The van der Waals surface area contributed by atoms with Crippen molar-refractivity contribution in [3.63, 3.8) is 0 Å². The lowest BCUT2D eigenvalue weighted by Crippen LogP contribution is -2.19. The zero-order valence-corrected chi connectivity index (χ0v) is 8.94. The molecule has 0 amide bonds. The van der Waals surface area contributed by atoms with Gasteiger partial charge in [0.15, 0.2) is 0 Å². The quantitative estimate of drug-likeness (QED) is 0.428. The van der Waals surface area contributed by atoms with Gasteiger partial charge in [0.05, 0.1) is 17.2 Å². The molecule has 2 N–H and O–H groups in total. The minimum Gasteiger partial charge on any atom is -0.323 e. The first kappa shape index (κ1) is 10.4. The molecule has 0 unspecified atom stereocenters. The van der Waals surface area contributed by atoms with E-state index < -0.39 is 5.82 Å². The van der Waals surface area contributed by atoms with Gasteiger partial charge in [0, 0.05) is 25.7 Å². The highest BCUT2D eigenvalue weighted by Gasteiger charge is 2.11. The molecule has 1 aromatic heterocycles. The standard InChI is InChI=1S/C10H11FN4O/c1-14-8-3-6(5-13-12)7(11)4-9(8)15(2)10(14)16/h3-5H,12H2,1-2H3. The second kappa shape index (κ2) is 3.48. The molecule has 84 valence electrons. The number of halogens is 1. The maximum Gasteiger partial charge on any atom is 0.328 e. The molecule has 1 aromatic carbocycles. The maximum absolute atomic E-state index is 13.6. The minimum absolute atomic E-state index is 0.198. The Labute approximate surface area is 90.6 Å². The fourth-order valence-electron chi connectivity index (χ4n) is 1.72. The van der Waals surface area contributed by atoms with Crippen LogP contribution in [0.2, 0.25) is 0 Å². The third kappa shape index (κ3) is 1.30. The van der Waals surface area contributed by atoms with E-state index >= 15 is 0 Å². The van der Waals surface area contributed by atoms with E-state index in [-0.39, 0.29) is 11.3 Å². The number of nitrogens with zero attached hydrogens (tertiary/aromatic N) is 3. The lowest BCUT2D eigenvalue weighted by Gasteiger charge is -1.99. The van der Waals surface area contributed by atoms with Crippen molar-refractivity contribution in [2.45, 2.75) is 0 Å². The van der Waals surface area contributed by atoms with Gasteiger partial charge in [0.1, 0.15) is 5.82 Å². The van der Waals surface area contributed by atoms with Crippen LogP contribution in [0.4, 0.5) is 4.39 Å². The van der Waals surface area contributed by atoms with Crippen LogP contribution in [0.15, 0.2) is 22.0 Å². The van der Waals surface area contributed by atoms with Gasteiger partial charge in [-0.25, -0.2) is 9.18 Å². The largest absolute Gasteiger partial charge is 0.328 e. The number of imidazole rings is 1. The van der Waals surface area contributed by atoms with E-state index in [1.54, 1.807) is 20.2 Å². The van der Waals surface area contributed by atoms with Crippen LogP contribution in [-0.4, -0.2) is 15.3 Å². The van der Waals surface area contributed by atoms with E-state index in [2.05, 4.69) is 5.10 Å². The van der Waals surface area contributed by atoms with Gasteiger partial charge in [-0.05, 0) is 6.07 Å². The summed E-state index contributed by atoms with van der Waals surface area (Å²) in [6, 6.07) is 2.84. The smallest absolute Gasteiger partial charge is 0.323 e. The monoisotopic (exact) mass is 222 g/mol. The van der Waals surface area contributed by atoms with Crippen molar-refractivity contribution in [1.82, 2.24) is 9.13 Å². The molecule has 1 heterocycles. The molecule has 0 bridgehead atoms. The summed E-state index contributed by atoms with van der Waals surface area (Å²) >= 11 is 0. The number of aryl methyl sites for hydroxylation is 2. The third-order valence-electron chi connectivity index (χ3n) is 2.60. The van der Waals surface area contributed by atoms with Gasteiger partial charge in [0.25, 0.3) is 0 Å². The molecule has 2 aromatic rings. The summed E-state index contributed by atoms with van der Waals surface area (Å²) in [5.74, 6) is 4.52. The molecule has 0 saturated heterocycles. The van der Waals surface area contributed by atoms with Gasteiger partial charge in [-0.1, -0.05) is 0 Å². The van der Waals surface area contributed by atoms with Crippen LogP contribution < -0.4 is 11.5 Å². The number of rotatable bonds is 1. The summed E-state index contributed by atoms with van der Waals surface area (Å²) in [4.78, 5) is 11.6. The second-order valence-electron chi connectivity index (χ2n) is 3.54. The molecule has 0 radical (unpaired) electrons. The van der Waals surface area contributed by atoms with Crippen molar-refractivity contribution in [2.24, 2.45) is 25.0 Å². The molecule has 0 fully saturated rings. The zero-order valence-electron chi connectivity index (χ0n) is 8.94. The van der Waals surface area contributed by atoms with Crippen LogP contribution in [-0.2, 0) is 14.1 Å². The lowest BCUT2D eigenvalue weighted by molar-refractivity contribution is 0.627. The molecule has 0 saturated carbocycles. The van der Waals surface area contributed by atoms with E-state index in [0.717, 1.165) is 0 Å². The summed E-state index contributed by atoms with van der Waals surface area (Å²) in [6.45, 7) is 0. The van der Waals surface area contributed by atoms with Crippen molar-refractivity contribution in [3.8, 4) is 0 Å². The van der Waals surface area contributed by atoms with Crippen LogP contribution >= 0.6 is 0 Å². The van der Waals surface area contributed by atoms with Crippen LogP contribution in [0, 0.1) is 5.82 Å². The number of hydrogen-bond acceptors (Lipinski definition) is 3. The van der Waals surface area contributed by atoms with Gasteiger partial charge in [-0.15, -0.1) is 0 Å². The molecule has 2 rings (SSSR count). The van der Waals surface area contributed by atoms with E-state index in [4.69, 9.17) is 5.84 Å². The number of nitrogens with two attached hydrogens (primary N) is 1. The topological polar surface area (TPSA) is 65.3 Å². The summed E-state index contributed by atoms with van der Waals surface area (Å²) in [6.07, 6.45) is 1.21. The van der Waals surface area contributed by atoms with Crippen LogP contribution in [0.3, 0.4) is 0 Å². The van der Waals surface area contributed by atoms with Crippen molar-refractivity contribution in [1.29, 1.82) is 0 Å². The van der Waals surface area contributed by atoms with Crippen molar-refractivity contribution in [3.05, 3.63) is 34.0 Å².